The van der Waals surface area contributed by atoms with Gasteiger partial charge in [0.1, 0.15) is 11.4 Å². The van der Waals surface area contributed by atoms with E-state index < -0.39 is 0 Å². The first-order valence-electron chi connectivity index (χ1n) is 6.25. The molecule has 0 saturated carbocycles. The maximum absolute atomic E-state index is 12.2. The summed E-state index contributed by atoms with van der Waals surface area (Å²) in [5.74, 6) is 0.442. The van der Waals surface area contributed by atoms with E-state index in [-0.39, 0.29) is 22.8 Å². The molecule has 0 fully saturated rings. The van der Waals surface area contributed by atoms with E-state index >= 15 is 0 Å². The maximum atomic E-state index is 12.2. The van der Waals surface area contributed by atoms with Crippen molar-refractivity contribution in [1.82, 2.24) is 4.57 Å². The van der Waals surface area contributed by atoms with Crippen LogP contribution >= 0.6 is 0 Å². The van der Waals surface area contributed by atoms with Gasteiger partial charge < -0.3 is 19.4 Å². The number of hydrogen-bond donors (Lipinski definition) is 1. The quantitative estimate of drug-likeness (QED) is 0.929. The van der Waals surface area contributed by atoms with Crippen LogP contribution in [0.2, 0.25) is 0 Å². The van der Waals surface area contributed by atoms with Gasteiger partial charge in [0.2, 0.25) is 5.43 Å². The van der Waals surface area contributed by atoms with Crippen molar-refractivity contribution >= 4 is 11.6 Å². The van der Waals surface area contributed by atoms with E-state index in [9.17, 15) is 9.59 Å². The first-order valence-corrected chi connectivity index (χ1v) is 6.25. The number of carbonyl (C=O) groups excluding carboxylic acids is 1. The predicted octanol–water partition coefficient (Wildman–Crippen LogP) is 1.65. The molecule has 0 atom stereocenters. The number of benzene rings is 1. The molecule has 0 radical (unpaired) electrons. The van der Waals surface area contributed by atoms with Gasteiger partial charge >= 0.3 is 0 Å². The zero-order chi connectivity index (χ0) is 15.4. The van der Waals surface area contributed by atoms with Crippen LogP contribution in [0.5, 0.6) is 11.5 Å². The molecule has 0 unspecified atom stereocenters. The molecule has 6 nitrogen and oxygen atoms in total. The summed E-state index contributed by atoms with van der Waals surface area (Å²) in [4.78, 5) is 24.0. The highest BCUT2D eigenvalue weighted by Gasteiger charge is 2.12. The van der Waals surface area contributed by atoms with Gasteiger partial charge in [-0.1, -0.05) is 6.07 Å². The van der Waals surface area contributed by atoms with Crippen LogP contribution in [0.25, 0.3) is 0 Å². The molecule has 0 spiro atoms. The molecule has 0 aliphatic rings. The molecule has 1 aromatic carbocycles. The lowest BCUT2D eigenvalue weighted by Gasteiger charge is -2.11. The maximum Gasteiger partial charge on any atom is 0.272 e. The minimum absolute atomic E-state index is 0.190. The van der Waals surface area contributed by atoms with Gasteiger partial charge in [-0.25, -0.2) is 0 Å². The van der Waals surface area contributed by atoms with Crippen molar-refractivity contribution in [3.8, 4) is 11.5 Å². The molecule has 0 aliphatic heterocycles. The number of carbonyl (C=O) groups is 1. The Morgan fingerprint density at radius 2 is 1.95 bits per heavy atom. The molecule has 0 saturated heterocycles. The van der Waals surface area contributed by atoms with Crippen LogP contribution in [0.3, 0.4) is 0 Å². The zero-order valence-electron chi connectivity index (χ0n) is 12.0. The average Bonchev–Trinajstić information content (AvgIpc) is 2.49. The molecule has 2 rings (SSSR count). The highest BCUT2D eigenvalue weighted by molar-refractivity contribution is 6.03. The number of ether oxygens (including phenoxy) is 2. The Balaban J connectivity index is 2.28. The molecule has 1 heterocycles. The van der Waals surface area contributed by atoms with E-state index in [1.807, 2.05) is 0 Å². The highest BCUT2D eigenvalue weighted by atomic mass is 16.5. The lowest BCUT2D eigenvalue weighted by atomic mass is 10.2. The number of methoxy groups -OCH3 is 2. The summed E-state index contributed by atoms with van der Waals surface area (Å²) in [7, 11) is 4.63. The predicted molar refractivity (Wildman–Crippen MR) is 79.2 cm³/mol. The van der Waals surface area contributed by atoms with Gasteiger partial charge in [0.05, 0.1) is 20.4 Å². The number of rotatable bonds is 4. The minimum atomic E-state index is -0.384. The zero-order valence-corrected chi connectivity index (χ0v) is 12.0. The number of anilines is 1. The Kier molecular flexibility index (Phi) is 4.27. The van der Waals surface area contributed by atoms with Crippen molar-refractivity contribution in [3.05, 3.63) is 52.4 Å². The van der Waals surface area contributed by atoms with E-state index in [0.29, 0.717) is 11.4 Å². The van der Waals surface area contributed by atoms with Crippen LogP contribution in [0.4, 0.5) is 5.69 Å². The summed E-state index contributed by atoms with van der Waals surface area (Å²) in [6.07, 6.45) is 1.48. The van der Waals surface area contributed by atoms with Crippen molar-refractivity contribution in [2.45, 2.75) is 0 Å². The molecule has 0 aliphatic carbocycles. The number of pyridine rings is 1. The summed E-state index contributed by atoms with van der Waals surface area (Å²) in [5, 5.41) is 2.72. The van der Waals surface area contributed by atoms with Gasteiger partial charge in [0.25, 0.3) is 5.91 Å². The average molecular weight is 288 g/mol. The summed E-state index contributed by atoms with van der Waals surface area (Å²) < 4.78 is 11.6. The van der Waals surface area contributed by atoms with Gasteiger partial charge in [0.15, 0.2) is 5.75 Å². The summed E-state index contributed by atoms with van der Waals surface area (Å²) >= 11 is 0. The standard InChI is InChI=1S/C15H16N2O4/c1-17-9-14(21-3)13(18)8-12(17)15(19)16-10-5-4-6-11(7-10)20-2/h4-9H,1-3H3,(H,16,19). The Morgan fingerprint density at radius 3 is 2.62 bits per heavy atom. The molecule has 0 bridgehead atoms. The van der Waals surface area contributed by atoms with Crippen LogP contribution in [-0.2, 0) is 7.05 Å². The molecule has 2 aromatic rings. The second-order valence-corrected chi connectivity index (χ2v) is 4.39. The number of hydrogen-bond acceptors (Lipinski definition) is 4. The normalized spacial score (nSPS) is 10.0. The molecule has 6 heteroatoms. The Bertz CT molecular complexity index is 722. The Labute approximate surface area is 121 Å². The summed E-state index contributed by atoms with van der Waals surface area (Å²) in [5.41, 5.74) is 0.484. The van der Waals surface area contributed by atoms with Crippen LogP contribution < -0.4 is 20.2 Å². The third kappa shape index (κ3) is 3.22. The number of aryl methyl sites for hydroxylation is 1. The second-order valence-electron chi connectivity index (χ2n) is 4.39. The topological polar surface area (TPSA) is 69.6 Å². The van der Waals surface area contributed by atoms with Crippen molar-refractivity contribution in [2.75, 3.05) is 19.5 Å². The van der Waals surface area contributed by atoms with E-state index in [1.54, 1.807) is 38.4 Å². The lowest BCUT2D eigenvalue weighted by molar-refractivity contribution is 0.101. The first kappa shape index (κ1) is 14.6. The molecule has 1 N–H and O–H groups in total. The van der Waals surface area contributed by atoms with Crippen molar-refractivity contribution in [2.24, 2.45) is 7.05 Å². The fourth-order valence-electron chi connectivity index (χ4n) is 1.88. The Hall–Kier alpha value is -2.76. The van der Waals surface area contributed by atoms with E-state index in [1.165, 1.54) is 23.9 Å². The molecular formula is C15H16N2O4. The van der Waals surface area contributed by atoms with E-state index in [2.05, 4.69) is 5.32 Å². The second kappa shape index (κ2) is 6.13. The van der Waals surface area contributed by atoms with Crippen LogP contribution in [0.15, 0.2) is 41.3 Å². The van der Waals surface area contributed by atoms with Crippen molar-refractivity contribution in [1.29, 1.82) is 0 Å². The van der Waals surface area contributed by atoms with E-state index in [4.69, 9.17) is 9.47 Å². The van der Waals surface area contributed by atoms with Gasteiger partial charge in [-0.3, -0.25) is 9.59 Å². The fourth-order valence-corrected chi connectivity index (χ4v) is 1.88. The van der Waals surface area contributed by atoms with Crippen LogP contribution in [-0.4, -0.2) is 24.7 Å². The van der Waals surface area contributed by atoms with Gasteiger partial charge in [-0.05, 0) is 12.1 Å². The van der Waals surface area contributed by atoms with Gasteiger partial charge in [-0.2, -0.15) is 0 Å². The third-order valence-corrected chi connectivity index (χ3v) is 2.98. The largest absolute Gasteiger partial charge is 0.497 e. The monoisotopic (exact) mass is 288 g/mol. The molecule has 21 heavy (non-hydrogen) atoms. The molecular weight excluding hydrogens is 272 g/mol. The number of nitrogens with one attached hydrogen (secondary N) is 1. The molecule has 110 valence electrons. The molecule has 1 aromatic heterocycles. The minimum Gasteiger partial charge on any atom is -0.497 e. The number of nitrogens with zero attached hydrogens (tertiary/aromatic N) is 1. The Morgan fingerprint density at radius 1 is 1.19 bits per heavy atom. The number of aromatic nitrogens is 1. The first-order chi connectivity index (χ1) is 10.0. The smallest absolute Gasteiger partial charge is 0.272 e. The number of amides is 1. The fraction of sp³-hybridized carbons (Fsp3) is 0.200. The summed E-state index contributed by atoms with van der Waals surface area (Å²) in [6, 6.07) is 8.22. The van der Waals surface area contributed by atoms with E-state index in [0.717, 1.165) is 0 Å². The van der Waals surface area contributed by atoms with Crippen molar-refractivity contribution in [3.63, 3.8) is 0 Å². The summed E-state index contributed by atoms with van der Waals surface area (Å²) in [6.45, 7) is 0. The lowest BCUT2D eigenvalue weighted by Crippen LogP contribution is -2.21. The van der Waals surface area contributed by atoms with Gasteiger partial charge in [0, 0.05) is 24.9 Å². The molecule has 1 amide bonds. The van der Waals surface area contributed by atoms with Crippen molar-refractivity contribution < 1.29 is 14.3 Å². The van der Waals surface area contributed by atoms with Crippen LogP contribution in [0, 0.1) is 0 Å². The highest BCUT2D eigenvalue weighted by Crippen LogP contribution is 2.17. The van der Waals surface area contributed by atoms with Crippen LogP contribution in [0.1, 0.15) is 10.5 Å². The third-order valence-electron chi connectivity index (χ3n) is 2.98. The van der Waals surface area contributed by atoms with Gasteiger partial charge in [-0.15, -0.1) is 0 Å². The SMILES string of the molecule is COc1cccc(NC(=O)c2cc(=O)c(OC)cn2C)c1.